The number of amides is 1. The quantitative estimate of drug-likeness (QED) is 0.754. The first-order chi connectivity index (χ1) is 7.08. The lowest BCUT2D eigenvalue weighted by Gasteiger charge is -2.03. The van der Waals surface area contributed by atoms with E-state index >= 15 is 0 Å². The van der Waals surface area contributed by atoms with E-state index in [0.717, 1.165) is 5.56 Å². The van der Waals surface area contributed by atoms with Gasteiger partial charge in [0.15, 0.2) is 0 Å². The molecule has 0 saturated carbocycles. The lowest BCUT2D eigenvalue weighted by atomic mass is 10.2. The summed E-state index contributed by atoms with van der Waals surface area (Å²) in [6.07, 6.45) is 6.85. The second kappa shape index (κ2) is 5.34. The van der Waals surface area contributed by atoms with Crippen LogP contribution in [0, 0.1) is 5.92 Å². The number of nitrogens with one attached hydrogen (secondary N) is 1. The van der Waals surface area contributed by atoms with E-state index in [1.165, 1.54) is 6.08 Å². The molecule has 1 aromatic heterocycles. The zero-order valence-corrected chi connectivity index (χ0v) is 9.40. The largest absolute Gasteiger partial charge is 0.352 e. The molecule has 82 valence electrons. The van der Waals surface area contributed by atoms with Crippen molar-refractivity contribution in [1.82, 2.24) is 15.1 Å². The normalized spacial score (nSPS) is 11.2. The monoisotopic (exact) mass is 207 g/mol. The molecule has 0 atom stereocenters. The highest BCUT2D eigenvalue weighted by atomic mass is 16.1. The van der Waals surface area contributed by atoms with Crippen LogP contribution >= 0.6 is 0 Å². The van der Waals surface area contributed by atoms with Gasteiger partial charge in [0.2, 0.25) is 5.91 Å². The average molecular weight is 207 g/mol. The Labute approximate surface area is 90.0 Å². The van der Waals surface area contributed by atoms with Gasteiger partial charge in [-0.15, -0.1) is 0 Å². The van der Waals surface area contributed by atoms with Crippen molar-refractivity contribution < 1.29 is 4.79 Å². The number of rotatable bonds is 4. The summed E-state index contributed by atoms with van der Waals surface area (Å²) in [6, 6.07) is 0. The average Bonchev–Trinajstić information content (AvgIpc) is 2.58. The molecular weight excluding hydrogens is 190 g/mol. The van der Waals surface area contributed by atoms with Crippen molar-refractivity contribution in [3.8, 4) is 0 Å². The van der Waals surface area contributed by atoms with E-state index in [4.69, 9.17) is 0 Å². The van der Waals surface area contributed by atoms with Crippen molar-refractivity contribution in [3.63, 3.8) is 0 Å². The summed E-state index contributed by atoms with van der Waals surface area (Å²) in [5.41, 5.74) is 0.928. The first-order valence-electron chi connectivity index (χ1n) is 5.02. The number of nitrogens with zero attached hydrogens (tertiary/aromatic N) is 2. The Balaban J connectivity index is 2.40. The molecule has 0 saturated heterocycles. The third-order valence-electron chi connectivity index (χ3n) is 1.84. The van der Waals surface area contributed by atoms with E-state index in [9.17, 15) is 4.79 Å². The molecule has 0 radical (unpaired) electrons. The molecule has 15 heavy (non-hydrogen) atoms. The fourth-order valence-corrected chi connectivity index (χ4v) is 1.06. The van der Waals surface area contributed by atoms with Crippen LogP contribution in [-0.2, 0) is 11.8 Å². The minimum atomic E-state index is -0.0625. The summed E-state index contributed by atoms with van der Waals surface area (Å²) in [6.45, 7) is 4.83. The summed E-state index contributed by atoms with van der Waals surface area (Å²) in [4.78, 5) is 11.3. The predicted molar refractivity (Wildman–Crippen MR) is 60.1 cm³/mol. The van der Waals surface area contributed by atoms with Crippen molar-refractivity contribution in [3.05, 3.63) is 24.0 Å². The first-order valence-corrected chi connectivity index (χ1v) is 5.02. The van der Waals surface area contributed by atoms with Crippen LogP contribution < -0.4 is 5.32 Å². The molecule has 0 spiro atoms. The zero-order valence-electron chi connectivity index (χ0n) is 9.40. The van der Waals surface area contributed by atoms with Crippen LogP contribution in [0.15, 0.2) is 18.5 Å². The van der Waals surface area contributed by atoms with Gasteiger partial charge in [-0.3, -0.25) is 9.48 Å². The summed E-state index contributed by atoms with van der Waals surface area (Å²) >= 11 is 0. The molecule has 0 unspecified atom stereocenters. The molecule has 0 aliphatic carbocycles. The van der Waals surface area contributed by atoms with Crippen molar-refractivity contribution in [2.45, 2.75) is 13.8 Å². The van der Waals surface area contributed by atoms with Crippen LogP contribution in [-0.4, -0.2) is 22.2 Å². The highest BCUT2D eigenvalue weighted by Crippen LogP contribution is 1.98. The van der Waals surface area contributed by atoms with E-state index in [2.05, 4.69) is 24.3 Å². The summed E-state index contributed by atoms with van der Waals surface area (Å²) in [7, 11) is 1.84. The molecule has 0 fully saturated rings. The second-order valence-electron chi connectivity index (χ2n) is 3.92. The molecule has 0 aliphatic rings. The Morgan fingerprint density at radius 3 is 2.93 bits per heavy atom. The summed E-state index contributed by atoms with van der Waals surface area (Å²) in [5, 5.41) is 6.81. The molecule has 0 aliphatic heterocycles. The number of aryl methyl sites for hydroxylation is 1. The summed E-state index contributed by atoms with van der Waals surface area (Å²) < 4.78 is 1.70. The highest BCUT2D eigenvalue weighted by Gasteiger charge is 1.97. The van der Waals surface area contributed by atoms with Gasteiger partial charge in [0.25, 0.3) is 0 Å². The van der Waals surface area contributed by atoms with Gasteiger partial charge in [-0.1, -0.05) is 13.8 Å². The minimum absolute atomic E-state index is 0.0625. The Kier molecular flexibility index (Phi) is 4.09. The minimum Gasteiger partial charge on any atom is -0.352 e. The van der Waals surface area contributed by atoms with Crippen molar-refractivity contribution in [1.29, 1.82) is 0 Å². The van der Waals surface area contributed by atoms with Gasteiger partial charge >= 0.3 is 0 Å². The molecule has 0 bridgehead atoms. The molecule has 1 N–H and O–H groups in total. The van der Waals surface area contributed by atoms with Crippen LogP contribution in [0.4, 0.5) is 0 Å². The third-order valence-corrected chi connectivity index (χ3v) is 1.84. The van der Waals surface area contributed by atoms with E-state index < -0.39 is 0 Å². The van der Waals surface area contributed by atoms with Crippen LogP contribution in [0.5, 0.6) is 0 Å². The maximum absolute atomic E-state index is 11.3. The number of hydrogen-bond donors (Lipinski definition) is 1. The van der Waals surface area contributed by atoms with Crippen LogP contribution in [0.1, 0.15) is 19.4 Å². The van der Waals surface area contributed by atoms with E-state index in [-0.39, 0.29) is 5.91 Å². The van der Waals surface area contributed by atoms with Crippen molar-refractivity contribution in [2.75, 3.05) is 6.54 Å². The van der Waals surface area contributed by atoms with Crippen LogP contribution in [0.2, 0.25) is 0 Å². The van der Waals surface area contributed by atoms with Gasteiger partial charge in [-0.05, 0) is 12.0 Å². The Morgan fingerprint density at radius 1 is 1.67 bits per heavy atom. The zero-order chi connectivity index (χ0) is 11.3. The number of carbonyl (C=O) groups excluding carboxylic acids is 1. The van der Waals surface area contributed by atoms with Gasteiger partial charge in [-0.2, -0.15) is 5.10 Å². The third kappa shape index (κ3) is 4.44. The fourth-order valence-electron chi connectivity index (χ4n) is 1.06. The molecule has 1 heterocycles. The van der Waals surface area contributed by atoms with E-state index in [1.807, 2.05) is 13.2 Å². The number of carbonyl (C=O) groups is 1. The first kappa shape index (κ1) is 11.5. The SMILES string of the molecule is CC(C)CNC(=O)C=Cc1cnn(C)c1. The van der Waals surface area contributed by atoms with E-state index in [0.29, 0.717) is 12.5 Å². The van der Waals surface area contributed by atoms with Gasteiger partial charge in [0.1, 0.15) is 0 Å². The maximum Gasteiger partial charge on any atom is 0.244 e. The van der Waals surface area contributed by atoms with Gasteiger partial charge in [0.05, 0.1) is 6.20 Å². The fraction of sp³-hybridized carbons (Fsp3) is 0.455. The standard InChI is InChI=1S/C11H17N3O/c1-9(2)6-12-11(15)5-4-10-7-13-14(3)8-10/h4-5,7-9H,6H2,1-3H3,(H,12,15). The lowest BCUT2D eigenvalue weighted by Crippen LogP contribution is -2.25. The molecule has 1 amide bonds. The van der Waals surface area contributed by atoms with Crippen molar-refractivity contribution in [2.24, 2.45) is 13.0 Å². The Hall–Kier alpha value is -1.58. The van der Waals surface area contributed by atoms with Crippen molar-refractivity contribution >= 4 is 12.0 Å². The molecule has 0 aromatic carbocycles. The number of hydrogen-bond acceptors (Lipinski definition) is 2. The Morgan fingerprint density at radius 2 is 2.40 bits per heavy atom. The van der Waals surface area contributed by atoms with Crippen LogP contribution in [0.25, 0.3) is 6.08 Å². The molecule has 4 nitrogen and oxygen atoms in total. The van der Waals surface area contributed by atoms with Gasteiger partial charge in [-0.25, -0.2) is 0 Å². The van der Waals surface area contributed by atoms with Crippen LogP contribution in [0.3, 0.4) is 0 Å². The molecule has 1 aromatic rings. The highest BCUT2D eigenvalue weighted by molar-refractivity contribution is 5.91. The summed E-state index contributed by atoms with van der Waals surface area (Å²) in [5.74, 6) is 0.410. The number of aromatic nitrogens is 2. The predicted octanol–water partition coefficient (Wildman–Crippen LogP) is 1.21. The van der Waals surface area contributed by atoms with E-state index in [1.54, 1.807) is 17.0 Å². The smallest absolute Gasteiger partial charge is 0.244 e. The molecule has 1 rings (SSSR count). The Bertz CT molecular complexity index is 352. The lowest BCUT2D eigenvalue weighted by molar-refractivity contribution is -0.116. The van der Waals surface area contributed by atoms with Gasteiger partial charge < -0.3 is 5.32 Å². The molecular formula is C11H17N3O. The topological polar surface area (TPSA) is 46.9 Å². The maximum atomic E-state index is 11.3. The second-order valence-corrected chi connectivity index (χ2v) is 3.92. The van der Waals surface area contributed by atoms with Gasteiger partial charge in [0, 0.05) is 31.4 Å². The molecule has 4 heteroatoms.